The van der Waals surface area contributed by atoms with Gasteiger partial charge in [0.05, 0.1) is 26.9 Å². The first-order valence-electron chi connectivity index (χ1n) is 14.7. The van der Waals surface area contributed by atoms with Crippen molar-refractivity contribution < 1.29 is 28.6 Å². The van der Waals surface area contributed by atoms with E-state index in [1.54, 1.807) is 79.7 Å². The lowest BCUT2D eigenvalue weighted by Crippen LogP contribution is -2.47. The van der Waals surface area contributed by atoms with Crippen LogP contribution in [0.25, 0.3) is 0 Å². The van der Waals surface area contributed by atoms with Crippen molar-refractivity contribution in [2.75, 3.05) is 54.1 Å². The summed E-state index contributed by atoms with van der Waals surface area (Å²) in [6.07, 6.45) is 4.61. The van der Waals surface area contributed by atoms with E-state index in [-0.39, 0.29) is 30.3 Å². The van der Waals surface area contributed by atoms with Gasteiger partial charge in [-0.1, -0.05) is 12.5 Å². The molecule has 0 spiro atoms. The Hall–Kier alpha value is -3.63. The van der Waals surface area contributed by atoms with E-state index < -0.39 is 6.04 Å². The summed E-state index contributed by atoms with van der Waals surface area (Å²) < 4.78 is 15.9. The monoisotopic (exact) mass is 580 g/mol. The summed E-state index contributed by atoms with van der Waals surface area (Å²) in [5, 5.41) is 3.13. The van der Waals surface area contributed by atoms with Gasteiger partial charge in [0.15, 0.2) is 0 Å². The van der Waals surface area contributed by atoms with Crippen molar-refractivity contribution in [3.8, 4) is 11.5 Å². The molecule has 10 heteroatoms. The van der Waals surface area contributed by atoms with Crippen molar-refractivity contribution in [3.05, 3.63) is 59.7 Å². The van der Waals surface area contributed by atoms with Gasteiger partial charge in [-0.05, 0) is 86.5 Å². The topological polar surface area (TPSA) is 123 Å². The first-order valence-corrected chi connectivity index (χ1v) is 14.7. The number of rotatable bonds is 12. The Morgan fingerprint density at radius 3 is 2.38 bits per heavy atom. The summed E-state index contributed by atoms with van der Waals surface area (Å²) in [6, 6.07) is 12.7. The fraction of sp³-hybridized carbons (Fsp3) is 0.531. The van der Waals surface area contributed by atoms with Crippen molar-refractivity contribution in [3.63, 3.8) is 0 Å². The average molecular weight is 581 g/mol. The van der Waals surface area contributed by atoms with Crippen LogP contribution in [-0.4, -0.2) is 93.7 Å². The van der Waals surface area contributed by atoms with Crippen LogP contribution in [0.4, 0.5) is 0 Å². The minimum atomic E-state index is -0.726. The van der Waals surface area contributed by atoms with Crippen molar-refractivity contribution in [2.45, 2.75) is 44.2 Å². The van der Waals surface area contributed by atoms with Crippen LogP contribution >= 0.6 is 0 Å². The molecule has 1 aliphatic carbocycles. The van der Waals surface area contributed by atoms with E-state index in [9.17, 15) is 14.4 Å². The number of methoxy groups -OCH3 is 3. The average Bonchev–Trinajstić information content (AvgIpc) is 3.48. The minimum Gasteiger partial charge on any atom is -0.497 e. The van der Waals surface area contributed by atoms with Crippen molar-refractivity contribution in [2.24, 2.45) is 17.6 Å². The summed E-state index contributed by atoms with van der Waals surface area (Å²) in [4.78, 5) is 44.6. The van der Waals surface area contributed by atoms with Gasteiger partial charge in [0.1, 0.15) is 17.5 Å². The van der Waals surface area contributed by atoms with E-state index in [2.05, 4.69) is 5.32 Å². The molecule has 2 aromatic rings. The van der Waals surface area contributed by atoms with Crippen LogP contribution in [0.15, 0.2) is 48.5 Å². The molecule has 3 amide bonds. The predicted octanol–water partition coefficient (Wildman–Crippen LogP) is 2.96. The van der Waals surface area contributed by atoms with E-state index in [4.69, 9.17) is 19.9 Å². The maximum Gasteiger partial charge on any atom is 0.254 e. The number of nitrogens with one attached hydrogen (secondary N) is 1. The molecule has 4 unspecified atom stereocenters. The zero-order chi connectivity index (χ0) is 30.1. The lowest BCUT2D eigenvalue weighted by molar-refractivity contribution is -0.125. The summed E-state index contributed by atoms with van der Waals surface area (Å²) in [5.74, 6) is 1.39. The van der Waals surface area contributed by atoms with Crippen molar-refractivity contribution in [1.82, 2.24) is 15.1 Å². The highest BCUT2D eigenvalue weighted by Gasteiger charge is 2.43. The van der Waals surface area contributed by atoms with E-state index >= 15 is 0 Å². The molecule has 1 heterocycles. The number of amides is 3. The Morgan fingerprint density at radius 2 is 1.69 bits per heavy atom. The number of carbonyl (C=O) groups is 3. The molecule has 2 aromatic carbocycles. The molecule has 4 rings (SSSR count). The zero-order valence-corrected chi connectivity index (χ0v) is 24.9. The zero-order valence-electron chi connectivity index (χ0n) is 24.9. The summed E-state index contributed by atoms with van der Waals surface area (Å²) in [6.45, 7) is 2.08. The molecule has 2 aliphatic rings. The van der Waals surface area contributed by atoms with Crippen molar-refractivity contribution in [1.29, 1.82) is 0 Å². The number of nitrogens with zero attached hydrogens (tertiary/aromatic N) is 2. The summed E-state index contributed by atoms with van der Waals surface area (Å²) >= 11 is 0. The quantitative estimate of drug-likeness (QED) is 0.396. The third kappa shape index (κ3) is 7.60. The number of hydrogen-bond donors (Lipinski definition) is 2. The largest absolute Gasteiger partial charge is 0.497 e. The molecule has 1 saturated carbocycles. The molecule has 10 nitrogen and oxygen atoms in total. The van der Waals surface area contributed by atoms with Gasteiger partial charge in [-0.2, -0.15) is 0 Å². The van der Waals surface area contributed by atoms with E-state index in [1.165, 1.54) is 0 Å². The van der Waals surface area contributed by atoms with Crippen LogP contribution in [0.5, 0.6) is 11.5 Å². The SMILES string of the molecule is COCCN(C(=O)c1ccc(OC)cc1)C1CC(C(=O)NCC2CCCC(CN)C2)N(C(=O)c2cccc(OC)c2)C1. The molecule has 0 aromatic heterocycles. The van der Waals surface area contributed by atoms with Crippen LogP contribution in [0, 0.1) is 11.8 Å². The molecule has 228 valence electrons. The van der Waals surface area contributed by atoms with Gasteiger partial charge in [0.2, 0.25) is 5.91 Å². The highest BCUT2D eigenvalue weighted by molar-refractivity contribution is 5.99. The first kappa shape index (κ1) is 31.3. The van der Waals surface area contributed by atoms with Gasteiger partial charge >= 0.3 is 0 Å². The Balaban J connectivity index is 1.57. The van der Waals surface area contributed by atoms with Gasteiger partial charge < -0.3 is 35.1 Å². The van der Waals surface area contributed by atoms with Crippen LogP contribution in [0.3, 0.4) is 0 Å². The van der Waals surface area contributed by atoms with Gasteiger partial charge in [0, 0.05) is 37.9 Å². The molecule has 1 aliphatic heterocycles. The third-order valence-corrected chi connectivity index (χ3v) is 8.52. The standard InChI is InChI=1S/C32H44N4O6/c1-40-15-14-35(31(38)24-10-12-27(41-2)13-11-24)26-18-29(30(37)34-20-23-7-4-6-22(16-23)19-33)36(21-26)32(39)25-8-5-9-28(17-25)42-3/h5,8-13,17,22-23,26,29H,4,6-7,14-16,18-21,33H2,1-3H3,(H,34,37). The summed E-state index contributed by atoms with van der Waals surface area (Å²) in [7, 11) is 4.70. The lowest BCUT2D eigenvalue weighted by atomic mass is 9.81. The third-order valence-electron chi connectivity index (χ3n) is 8.52. The maximum absolute atomic E-state index is 13.8. The fourth-order valence-electron chi connectivity index (χ4n) is 6.14. The van der Waals surface area contributed by atoms with E-state index in [0.29, 0.717) is 67.1 Å². The number of carbonyl (C=O) groups excluding carboxylic acids is 3. The van der Waals surface area contributed by atoms with Crippen LogP contribution in [-0.2, 0) is 9.53 Å². The second-order valence-electron chi connectivity index (χ2n) is 11.2. The normalized spacial score (nSPS) is 22.0. The maximum atomic E-state index is 13.8. The highest BCUT2D eigenvalue weighted by Crippen LogP contribution is 2.30. The van der Waals surface area contributed by atoms with Gasteiger partial charge in [-0.25, -0.2) is 0 Å². The molecule has 3 N–H and O–H groups in total. The second kappa shape index (κ2) is 15.0. The Labute approximate surface area is 248 Å². The molecule has 0 bridgehead atoms. The number of hydrogen-bond acceptors (Lipinski definition) is 7. The minimum absolute atomic E-state index is 0.190. The van der Waals surface area contributed by atoms with Gasteiger partial charge in [-0.3, -0.25) is 14.4 Å². The molecule has 42 heavy (non-hydrogen) atoms. The lowest BCUT2D eigenvalue weighted by Gasteiger charge is -2.29. The number of ether oxygens (including phenoxy) is 3. The predicted molar refractivity (Wildman–Crippen MR) is 160 cm³/mol. The highest BCUT2D eigenvalue weighted by atomic mass is 16.5. The molecular weight excluding hydrogens is 536 g/mol. The number of nitrogens with two attached hydrogens (primary N) is 1. The number of likely N-dealkylation sites (tertiary alicyclic amines) is 1. The molecule has 0 radical (unpaired) electrons. The Bertz CT molecular complexity index is 1210. The van der Waals surface area contributed by atoms with E-state index in [1.807, 2.05) is 0 Å². The molecule has 4 atom stereocenters. The second-order valence-corrected chi connectivity index (χ2v) is 11.2. The van der Waals surface area contributed by atoms with E-state index in [0.717, 1.165) is 25.7 Å². The smallest absolute Gasteiger partial charge is 0.254 e. The molecule has 2 fully saturated rings. The molecular formula is C32H44N4O6. The van der Waals surface area contributed by atoms with Crippen LogP contribution in [0.2, 0.25) is 0 Å². The fourth-order valence-corrected chi connectivity index (χ4v) is 6.14. The number of benzene rings is 2. The first-order chi connectivity index (χ1) is 20.4. The van der Waals surface area contributed by atoms with Crippen LogP contribution in [0.1, 0.15) is 52.8 Å². The van der Waals surface area contributed by atoms with Crippen LogP contribution < -0.4 is 20.5 Å². The van der Waals surface area contributed by atoms with Gasteiger partial charge in [-0.15, -0.1) is 0 Å². The molecule has 1 saturated heterocycles. The van der Waals surface area contributed by atoms with Crippen molar-refractivity contribution >= 4 is 17.7 Å². The Kier molecular flexibility index (Phi) is 11.2. The van der Waals surface area contributed by atoms with Gasteiger partial charge in [0.25, 0.3) is 11.8 Å². The Morgan fingerprint density at radius 1 is 0.952 bits per heavy atom. The summed E-state index contributed by atoms with van der Waals surface area (Å²) in [5.41, 5.74) is 6.84.